The average Bonchev–Trinajstić information content (AvgIpc) is 3.02. The second-order valence-corrected chi connectivity index (χ2v) is 5.70. The molecule has 2 rings (SSSR count). The van der Waals surface area contributed by atoms with Gasteiger partial charge in [0.2, 0.25) is 0 Å². The lowest BCUT2D eigenvalue weighted by molar-refractivity contribution is 0.498. The van der Waals surface area contributed by atoms with E-state index in [1.165, 1.54) is 10.9 Å². The summed E-state index contributed by atoms with van der Waals surface area (Å²) in [6, 6.07) is 8.25. The van der Waals surface area contributed by atoms with Gasteiger partial charge in [-0.1, -0.05) is 18.2 Å². The van der Waals surface area contributed by atoms with Gasteiger partial charge >= 0.3 is 0 Å². The fraction of sp³-hybridized carbons (Fsp3) is 0.312. The minimum absolute atomic E-state index is 0. The summed E-state index contributed by atoms with van der Waals surface area (Å²) in [5.74, 6) is -0.909. The summed E-state index contributed by atoms with van der Waals surface area (Å²) in [6.07, 6.45) is 0.396. The second-order valence-electron chi connectivity index (χ2n) is 4.66. The summed E-state index contributed by atoms with van der Waals surface area (Å²) in [6.45, 7) is 3.80. The molecule has 1 aromatic heterocycles. The minimum Gasteiger partial charge on any atom is -0.357 e. The number of halogens is 3. The first kappa shape index (κ1) is 19.8. The van der Waals surface area contributed by atoms with Crippen molar-refractivity contribution in [2.45, 2.75) is 19.9 Å². The van der Waals surface area contributed by atoms with E-state index in [9.17, 15) is 8.78 Å². The van der Waals surface area contributed by atoms with Crippen molar-refractivity contribution in [1.82, 2.24) is 10.6 Å². The van der Waals surface area contributed by atoms with Crippen LogP contribution in [0, 0.1) is 11.6 Å². The van der Waals surface area contributed by atoms with Crippen molar-refractivity contribution < 1.29 is 8.78 Å². The van der Waals surface area contributed by atoms with Crippen molar-refractivity contribution in [3.8, 4) is 0 Å². The lowest BCUT2D eigenvalue weighted by Crippen LogP contribution is -2.38. The maximum absolute atomic E-state index is 13.6. The van der Waals surface area contributed by atoms with Crippen molar-refractivity contribution in [3.63, 3.8) is 0 Å². The van der Waals surface area contributed by atoms with Crippen LogP contribution in [-0.4, -0.2) is 19.0 Å². The van der Waals surface area contributed by atoms with Crippen LogP contribution in [0.1, 0.15) is 17.4 Å². The number of benzene rings is 1. The van der Waals surface area contributed by atoms with Crippen LogP contribution >= 0.6 is 35.3 Å². The van der Waals surface area contributed by atoms with E-state index in [0.29, 0.717) is 31.0 Å². The van der Waals surface area contributed by atoms with Crippen molar-refractivity contribution in [2.24, 2.45) is 4.99 Å². The molecule has 0 saturated heterocycles. The Balaban J connectivity index is 0.00000264. The van der Waals surface area contributed by atoms with E-state index in [1.54, 1.807) is 17.4 Å². The zero-order chi connectivity index (χ0) is 15.8. The number of aliphatic imine (C=N–C) groups is 1. The lowest BCUT2D eigenvalue weighted by Gasteiger charge is -2.11. The second kappa shape index (κ2) is 10.5. The van der Waals surface area contributed by atoms with Gasteiger partial charge in [-0.15, -0.1) is 35.3 Å². The molecule has 2 N–H and O–H groups in total. The molecule has 23 heavy (non-hydrogen) atoms. The first-order chi connectivity index (χ1) is 10.7. The predicted molar refractivity (Wildman–Crippen MR) is 103 cm³/mol. The Kier molecular flexibility index (Phi) is 9.08. The molecule has 1 heterocycles. The summed E-state index contributed by atoms with van der Waals surface area (Å²) in [5, 5.41) is 8.28. The molecule has 126 valence electrons. The summed E-state index contributed by atoms with van der Waals surface area (Å²) in [4.78, 5) is 5.64. The van der Waals surface area contributed by atoms with Crippen LogP contribution in [0.5, 0.6) is 0 Å². The standard InChI is InChI=1S/C16H19F2N3S.HI/c1-2-19-16(21-11-13-6-4-10-22-13)20-9-8-12-5-3-7-14(17)15(12)18;/h3-7,10H,2,8-9,11H2,1H3,(H2,19,20,21);1H. The largest absolute Gasteiger partial charge is 0.357 e. The van der Waals surface area contributed by atoms with Crippen molar-refractivity contribution in [2.75, 3.05) is 13.1 Å². The normalized spacial score (nSPS) is 11.0. The Morgan fingerprint density at radius 2 is 2.00 bits per heavy atom. The molecule has 1 aromatic carbocycles. The highest BCUT2D eigenvalue weighted by Crippen LogP contribution is 2.11. The van der Waals surface area contributed by atoms with Gasteiger partial charge in [0.25, 0.3) is 0 Å². The quantitative estimate of drug-likeness (QED) is 0.397. The summed E-state index contributed by atoms with van der Waals surface area (Å²) in [7, 11) is 0. The van der Waals surface area contributed by atoms with Gasteiger partial charge in [-0.25, -0.2) is 13.8 Å². The molecule has 0 aliphatic rings. The molecule has 0 spiro atoms. The summed E-state index contributed by atoms with van der Waals surface area (Å²) in [5.41, 5.74) is 0.363. The zero-order valence-electron chi connectivity index (χ0n) is 12.8. The van der Waals surface area contributed by atoms with Crippen molar-refractivity contribution in [3.05, 3.63) is 57.8 Å². The first-order valence-electron chi connectivity index (χ1n) is 7.18. The van der Waals surface area contributed by atoms with Crippen molar-refractivity contribution >= 4 is 41.3 Å². The lowest BCUT2D eigenvalue weighted by atomic mass is 10.1. The number of nitrogens with one attached hydrogen (secondary N) is 2. The van der Waals surface area contributed by atoms with Crippen LogP contribution in [0.4, 0.5) is 8.78 Å². The maximum atomic E-state index is 13.6. The molecule has 0 atom stereocenters. The molecule has 0 aliphatic carbocycles. The maximum Gasteiger partial charge on any atom is 0.191 e. The van der Waals surface area contributed by atoms with E-state index >= 15 is 0 Å². The predicted octanol–water partition coefficient (Wildman–Crippen LogP) is 3.94. The summed E-state index contributed by atoms with van der Waals surface area (Å²) >= 11 is 1.65. The third-order valence-electron chi connectivity index (χ3n) is 3.04. The minimum atomic E-state index is -0.809. The van der Waals surface area contributed by atoms with Crippen molar-refractivity contribution in [1.29, 1.82) is 0 Å². The molecule has 2 aromatic rings. The van der Waals surface area contributed by atoms with Crippen LogP contribution < -0.4 is 10.6 Å². The number of guanidine groups is 1. The highest BCUT2D eigenvalue weighted by Gasteiger charge is 2.07. The molecule has 0 amide bonds. The third kappa shape index (κ3) is 6.42. The first-order valence-corrected chi connectivity index (χ1v) is 8.06. The fourth-order valence-electron chi connectivity index (χ4n) is 1.96. The highest BCUT2D eigenvalue weighted by atomic mass is 127. The molecular weight excluding hydrogens is 431 g/mol. The van der Waals surface area contributed by atoms with Crippen LogP contribution in [0.2, 0.25) is 0 Å². The van der Waals surface area contributed by atoms with Gasteiger partial charge in [0, 0.05) is 18.0 Å². The molecule has 7 heteroatoms. The van der Waals surface area contributed by atoms with Crippen LogP contribution in [0.25, 0.3) is 0 Å². The zero-order valence-corrected chi connectivity index (χ0v) is 16.0. The third-order valence-corrected chi connectivity index (χ3v) is 3.90. The smallest absolute Gasteiger partial charge is 0.191 e. The molecule has 0 unspecified atom stereocenters. The van der Waals surface area contributed by atoms with Gasteiger partial charge in [-0.05, 0) is 36.4 Å². The van der Waals surface area contributed by atoms with Gasteiger partial charge in [0.1, 0.15) is 0 Å². The van der Waals surface area contributed by atoms with Gasteiger partial charge in [0.05, 0.1) is 6.54 Å². The van der Waals surface area contributed by atoms with E-state index in [0.717, 1.165) is 12.6 Å². The molecule has 0 radical (unpaired) electrons. The number of thiophene rings is 1. The van der Waals surface area contributed by atoms with Gasteiger partial charge < -0.3 is 10.6 Å². The molecule has 0 saturated carbocycles. The Labute approximate surface area is 156 Å². The molecule has 3 nitrogen and oxygen atoms in total. The Morgan fingerprint density at radius 3 is 2.70 bits per heavy atom. The van der Waals surface area contributed by atoms with Gasteiger partial charge in [-0.2, -0.15) is 0 Å². The van der Waals surface area contributed by atoms with Gasteiger partial charge in [0.15, 0.2) is 17.6 Å². The molecule has 0 bridgehead atoms. The van der Waals surface area contributed by atoms with E-state index in [4.69, 9.17) is 0 Å². The average molecular weight is 451 g/mol. The van der Waals surface area contributed by atoms with Gasteiger partial charge in [-0.3, -0.25) is 0 Å². The van der Waals surface area contributed by atoms with E-state index in [1.807, 2.05) is 24.4 Å². The molecular formula is C16H20F2IN3S. The Hall–Kier alpha value is -1.22. The number of hydrogen-bond donors (Lipinski definition) is 2. The summed E-state index contributed by atoms with van der Waals surface area (Å²) < 4.78 is 26.7. The SMILES string of the molecule is CCNC(=NCc1cccs1)NCCc1cccc(F)c1F.I. The van der Waals surface area contributed by atoms with E-state index < -0.39 is 11.6 Å². The molecule has 0 fully saturated rings. The number of hydrogen-bond acceptors (Lipinski definition) is 2. The topological polar surface area (TPSA) is 36.4 Å². The molecule has 0 aliphatic heterocycles. The number of nitrogens with zero attached hydrogens (tertiary/aromatic N) is 1. The van der Waals surface area contributed by atoms with Crippen LogP contribution in [0.3, 0.4) is 0 Å². The van der Waals surface area contributed by atoms with Crippen LogP contribution in [0.15, 0.2) is 40.7 Å². The number of rotatable bonds is 6. The Bertz CT molecular complexity index is 618. The van der Waals surface area contributed by atoms with Crippen LogP contribution in [-0.2, 0) is 13.0 Å². The Morgan fingerprint density at radius 1 is 1.17 bits per heavy atom. The highest BCUT2D eigenvalue weighted by molar-refractivity contribution is 14.0. The fourth-order valence-corrected chi connectivity index (χ4v) is 2.59. The monoisotopic (exact) mass is 451 g/mol. The van der Waals surface area contributed by atoms with E-state index in [2.05, 4.69) is 15.6 Å². The van der Waals surface area contributed by atoms with E-state index in [-0.39, 0.29) is 24.0 Å².